The first-order chi connectivity index (χ1) is 12.6. The van der Waals surface area contributed by atoms with Gasteiger partial charge in [-0.25, -0.2) is 4.98 Å². The molecule has 2 aromatic carbocycles. The zero-order chi connectivity index (χ0) is 18.4. The molecule has 1 heterocycles. The summed E-state index contributed by atoms with van der Waals surface area (Å²) >= 11 is 1.47. The molecule has 0 spiro atoms. The molecule has 132 valence electrons. The van der Waals surface area contributed by atoms with E-state index in [1.54, 1.807) is 13.3 Å². The van der Waals surface area contributed by atoms with Crippen molar-refractivity contribution >= 4 is 34.3 Å². The van der Waals surface area contributed by atoms with Gasteiger partial charge in [-0.3, -0.25) is 10.2 Å². The Kier molecular flexibility index (Phi) is 5.60. The minimum absolute atomic E-state index is 0.0902. The van der Waals surface area contributed by atoms with E-state index in [1.165, 1.54) is 18.3 Å². The highest BCUT2D eigenvalue weighted by atomic mass is 32.1. The molecule has 26 heavy (non-hydrogen) atoms. The Morgan fingerprint density at radius 3 is 2.54 bits per heavy atom. The largest absolute Gasteiger partial charge is 0.497 e. The van der Waals surface area contributed by atoms with Crippen LogP contribution in [-0.4, -0.2) is 24.2 Å². The van der Waals surface area contributed by atoms with Crippen molar-refractivity contribution < 1.29 is 9.53 Å². The van der Waals surface area contributed by atoms with Crippen LogP contribution in [0.15, 0.2) is 59.0 Å². The molecule has 0 saturated heterocycles. The van der Waals surface area contributed by atoms with Crippen LogP contribution < -0.4 is 15.5 Å². The van der Waals surface area contributed by atoms with Crippen molar-refractivity contribution in [3.05, 3.63) is 59.5 Å². The van der Waals surface area contributed by atoms with E-state index in [-0.39, 0.29) is 5.91 Å². The summed E-state index contributed by atoms with van der Waals surface area (Å²) in [5, 5.41) is 9.61. The molecule has 6 nitrogen and oxygen atoms in total. The second-order valence-electron chi connectivity index (χ2n) is 5.44. The molecular weight excluding hydrogens is 348 g/mol. The normalized spacial score (nSPS) is 10.7. The first kappa shape index (κ1) is 17.6. The third-order valence-corrected chi connectivity index (χ3v) is 4.24. The average Bonchev–Trinajstić information content (AvgIpc) is 3.11. The van der Waals surface area contributed by atoms with E-state index in [2.05, 4.69) is 20.8 Å². The van der Waals surface area contributed by atoms with Crippen LogP contribution in [0.4, 0.5) is 10.8 Å². The standard InChI is InChI=1S/C19H18N4O2S/c1-13(24)21-16-7-5-15(6-8-16)18-12-26-19(22-18)23-20-11-14-3-9-17(25-2)10-4-14/h3-12H,1-2H3,(H,21,24)(H,22,23). The summed E-state index contributed by atoms with van der Waals surface area (Å²) in [5.74, 6) is 0.719. The van der Waals surface area contributed by atoms with E-state index in [1.807, 2.05) is 53.9 Å². The van der Waals surface area contributed by atoms with Crippen LogP contribution in [-0.2, 0) is 4.79 Å². The summed E-state index contributed by atoms with van der Waals surface area (Å²) in [6, 6.07) is 15.2. The number of amides is 1. The molecule has 1 amide bonds. The molecule has 7 heteroatoms. The number of rotatable bonds is 6. The average molecular weight is 366 g/mol. The summed E-state index contributed by atoms with van der Waals surface area (Å²) in [6.07, 6.45) is 1.72. The molecule has 0 bridgehead atoms. The fourth-order valence-electron chi connectivity index (χ4n) is 2.24. The number of hydrogen-bond acceptors (Lipinski definition) is 6. The minimum Gasteiger partial charge on any atom is -0.497 e. The molecule has 0 aliphatic heterocycles. The maximum absolute atomic E-state index is 11.1. The molecule has 0 atom stereocenters. The maximum Gasteiger partial charge on any atom is 0.221 e. The molecular formula is C19H18N4O2S. The number of thiazole rings is 1. The third-order valence-electron chi connectivity index (χ3n) is 3.49. The topological polar surface area (TPSA) is 75.6 Å². The summed E-state index contributed by atoms with van der Waals surface area (Å²) in [4.78, 5) is 15.6. The van der Waals surface area contributed by atoms with Crippen molar-refractivity contribution in [1.82, 2.24) is 4.98 Å². The Bertz CT molecular complexity index is 902. The van der Waals surface area contributed by atoms with Gasteiger partial charge in [-0.1, -0.05) is 12.1 Å². The van der Waals surface area contributed by atoms with Crippen molar-refractivity contribution in [2.75, 3.05) is 17.9 Å². The monoisotopic (exact) mass is 366 g/mol. The lowest BCUT2D eigenvalue weighted by atomic mass is 10.1. The molecule has 0 saturated carbocycles. The molecule has 3 aromatic rings. The SMILES string of the molecule is COc1ccc(C=NNc2nc(-c3ccc(NC(C)=O)cc3)cs2)cc1. The molecule has 1 aromatic heterocycles. The highest BCUT2D eigenvalue weighted by molar-refractivity contribution is 7.14. The third kappa shape index (κ3) is 4.67. The predicted molar refractivity (Wildman–Crippen MR) is 106 cm³/mol. The smallest absolute Gasteiger partial charge is 0.221 e. The quantitative estimate of drug-likeness (QED) is 0.506. The van der Waals surface area contributed by atoms with E-state index in [0.717, 1.165) is 28.3 Å². The summed E-state index contributed by atoms with van der Waals surface area (Å²) in [7, 11) is 1.64. The van der Waals surface area contributed by atoms with Gasteiger partial charge in [0, 0.05) is 23.6 Å². The van der Waals surface area contributed by atoms with Crippen LogP contribution in [0.2, 0.25) is 0 Å². The lowest BCUT2D eigenvalue weighted by molar-refractivity contribution is -0.114. The van der Waals surface area contributed by atoms with Crippen LogP contribution in [0, 0.1) is 0 Å². The van der Waals surface area contributed by atoms with Gasteiger partial charge in [-0.2, -0.15) is 5.10 Å². The molecule has 3 rings (SSSR count). The lowest BCUT2D eigenvalue weighted by Crippen LogP contribution is -2.05. The van der Waals surface area contributed by atoms with E-state index in [0.29, 0.717) is 5.13 Å². The number of aromatic nitrogens is 1. The Morgan fingerprint density at radius 1 is 1.15 bits per heavy atom. The highest BCUT2D eigenvalue weighted by Crippen LogP contribution is 2.26. The first-order valence-electron chi connectivity index (χ1n) is 7.91. The van der Waals surface area contributed by atoms with Crippen LogP contribution in [0.3, 0.4) is 0 Å². The minimum atomic E-state index is -0.0902. The van der Waals surface area contributed by atoms with E-state index >= 15 is 0 Å². The van der Waals surface area contributed by atoms with Gasteiger partial charge in [-0.05, 0) is 42.0 Å². The number of methoxy groups -OCH3 is 1. The van der Waals surface area contributed by atoms with E-state index in [4.69, 9.17) is 4.74 Å². The molecule has 0 radical (unpaired) electrons. The molecule has 0 aliphatic rings. The number of hydrazone groups is 1. The number of carbonyl (C=O) groups is 1. The summed E-state index contributed by atoms with van der Waals surface area (Å²) in [5.41, 5.74) is 6.49. The van der Waals surface area contributed by atoms with Gasteiger partial charge in [0.2, 0.25) is 11.0 Å². The van der Waals surface area contributed by atoms with Gasteiger partial charge in [0.15, 0.2) is 0 Å². The zero-order valence-corrected chi connectivity index (χ0v) is 15.2. The van der Waals surface area contributed by atoms with Crippen molar-refractivity contribution in [2.45, 2.75) is 6.92 Å². The molecule has 0 aliphatic carbocycles. The van der Waals surface area contributed by atoms with Crippen molar-refractivity contribution in [3.8, 4) is 17.0 Å². The molecule has 2 N–H and O–H groups in total. The fraction of sp³-hybridized carbons (Fsp3) is 0.105. The second-order valence-corrected chi connectivity index (χ2v) is 6.30. The maximum atomic E-state index is 11.1. The van der Waals surface area contributed by atoms with E-state index < -0.39 is 0 Å². The van der Waals surface area contributed by atoms with Crippen molar-refractivity contribution in [3.63, 3.8) is 0 Å². The fourth-order valence-corrected chi connectivity index (χ4v) is 2.91. The lowest BCUT2D eigenvalue weighted by Gasteiger charge is -2.02. The zero-order valence-electron chi connectivity index (χ0n) is 14.4. The van der Waals surface area contributed by atoms with Crippen LogP contribution in [0.1, 0.15) is 12.5 Å². The second kappa shape index (κ2) is 8.26. The number of nitrogens with zero attached hydrogens (tertiary/aromatic N) is 2. The molecule has 0 unspecified atom stereocenters. The van der Waals surface area contributed by atoms with E-state index in [9.17, 15) is 4.79 Å². The van der Waals surface area contributed by atoms with Crippen molar-refractivity contribution in [1.29, 1.82) is 0 Å². The number of ether oxygens (including phenoxy) is 1. The van der Waals surface area contributed by atoms with Crippen molar-refractivity contribution in [2.24, 2.45) is 5.10 Å². The molecule has 0 fully saturated rings. The first-order valence-corrected chi connectivity index (χ1v) is 8.79. The highest BCUT2D eigenvalue weighted by Gasteiger charge is 2.04. The number of anilines is 2. The number of nitrogens with one attached hydrogen (secondary N) is 2. The summed E-state index contributed by atoms with van der Waals surface area (Å²) in [6.45, 7) is 1.48. The Morgan fingerprint density at radius 2 is 1.88 bits per heavy atom. The van der Waals surface area contributed by atoms with Gasteiger partial charge in [0.05, 0.1) is 19.0 Å². The number of carbonyl (C=O) groups excluding carboxylic acids is 1. The summed E-state index contributed by atoms with van der Waals surface area (Å²) < 4.78 is 5.12. The van der Waals surface area contributed by atoms with Gasteiger partial charge in [0.25, 0.3) is 0 Å². The van der Waals surface area contributed by atoms with Gasteiger partial charge >= 0.3 is 0 Å². The van der Waals surface area contributed by atoms with Crippen LogP contribution in [0.25, 0.3) is 11.3 Å². The Balaban J connectivity index is 1.62. The van der Waals surface area contributed by atoms with Crippen LogP contribution >= 0.6 is 11.3 Å². The Hall–Kier alpha value is -3.19. The number of benzene rings is 2. The number of hydrogen-bond donors (Lipinski definition) is 2. The van der Waals surface area contributed by atoms with Crippen LogP contribution in [0.5, 0.6) is 5.75 Å². The van der Waals surface area contributed by atoms with Gasteiger partial charge in [-0.15, -0.1) is 11.3 Å². The Labute approximate surface area is 155 Å². The van der Waals surface area contributed by atoms with Gasteiger partial charge in [0.1, 0.15) is 5.75 Å². The predicted octanol–water partition coefficient (Wildman–Crippen LogP) is 4.22. The van der Waals surface area contributed by atoms with Gasteiger partial charge < -0.3 is 10.1 Å².